The first kappa shape index (κ1) is 16.8. The molecular weight excluding hydrogens is 332 g/mol. The van der Waals surface area contributed by atoms with Crippen molar-refractivity contribution in [3.8, 4) is 0 Å². The zero-order valence-electron chi connectivity index (χ0n) is 15.0. The maximum absolute atomic E-state index is 13.0. The number of hydrogen-bond acceptors (Lipinski definition) is 4. The summed E-state index contributed by atoms with van der Waals surface area (Å²) in [6, 6.07) is 3.99. The molecule has 1 N–H and O–H groups in total. The van der Waals surface area contributed by atoms with E-state index >= 15 is 0 Å². The normalized spacial score (nSPS) is 22.2. The van der Waals surface area contributed by atoms with E-state index in [1.165, 1.54) is 30.6 Å². The Hall–Kier alpha value is -1.69. The molecule has 2 aliphatic rings. The second kappa shape index (κ2) is 6.56. The first-order valence-electron chi connectivity index (χ1n) is 9.38. The number of nitrogens with zero attached hydrogens (tertiary/aromatic N) is 3. The third kappa shape index (κ3) is 3.01. The molecule has 1 atom stereocenters. The van der Waals surface area contributed by atoms with Crippen LogP contribution in [0.3, 0.4) is 0 Å². The summed E-state index contributed by atoms with van der Waals surface area (Å²) in [5, 5.41) is 7.64. The number of rotatable bonds is 4. The molecule has 4 rings (SSSR count). The van der Waals surface area contributed by atoms with Crippen LogP contribution in [-0.2, 0) is 6.42 Å². The molecule has 2 fully saturated rings. The molecule has 2 aromatic heterocycles. The highest BCUT2D eigenvalue weighted by molar-refractivity contribution is 7.13. The first-order valence-corrected chi connectivity index (χ1v) is 10.2. The number of aromatic nitrogens is 3. The molecule has 25 heavy (non-hydrogen) atoms. The SMILES string of the molecule is CCCc1nc(C2CN(C(=O)c3ccc(C)s3)CC23CCCC3)n[nH]1. The van der Waals surface area contributed by atoms with Gasteiger partial charge in [0.25, 0.3) is 5.91 Å². The molecular formula is C19H26N4OS. The average Bonchev–Trinajstić information content (AvgIpc) is 3.36. The van der Waals surface area contributed by atoms with Crippen LogP contribution in [-0.4, -0.2) is 39.1 Å². The molecule has 1 amide bonds. The molecule has 0 radical (unpaired) electrons. The van der Waals surface area contributed by atoms with Gasteiger partial charge in [0.2, 0.25) is 0 Å². The summed E-state index contributed by atoms with van der Waals surface area (Å²) in [6.07, 6.45) is 6.87. The van der Waals surface area contributed by atoms with E-state index in [9.17, 15) is 4.79 Å². The van der Waals surface area contributed by atoms with Gasteiger partial charge in [0.1, 0.15) is 5.82 Å². The highest BCUT2D eigenvalue weighted by Crippen LogP contribution is 2.53. The zero-order chi connectivity index (χ0) is 17.4. The quantitative estimate of drug-likeness (QED) is 0.901. The predicted molar refractivity (Wildman–Crippen MR) is 99.0 cm³/mol. The van der Waals surface area contributed by atoms with Crippen LogP contribution in [0.15, 0.2) is 12.1 Å². The molecule has 1 unspecified atom stereocenters. The van der Waals surface area contributed by atoms with Crippen molar-refractivity contribution < 1.29 is 4.79 Å². The molecule has 3 heterocycles. The third-order valence-corrected chi connectivity index (χ3v) is 6.82. The summed E-state index contributed by atoms with van der Waals surface area (Å²) < 4.78 is 0. The second-order valence-corrected chi connectivity index (χ2v) is 8.90. The van der Waals surface area contributed by atoms with Crippen LogP contribution in [0.2, 0.25) is 0 Å². The molecule has 1 saturated carbocycles. The molecule has 1 saturated heterocycles. The number of carbonyl (C=O) groups excluding carboxylic acids is 1. The Morgan fingerprint density at radius 1 is 1.40 bits per heavy atom. The number of carbonyl (C=O) groups is 1. The fraction of sp³-hybridized carbons (Fsp3) is 0.632. The Labute approximate surface area is 152 Å². The smallest absolute Gasteiger partial charge is 0.263 e. The number of thiophene rings is 1. The number of amides is 1. The van der Waals surface area contributed by atoms with Crippen molar-refractivity contribution in [2.75, 3.05) is 13.1 Å². The molecule has 0 bridgehead atoms. The largest absolute Gasteiger partial charge is 0.337 e. The van der Waals surface area contributed by atoms with Crippen LogP contribution in [0.5, 0.6) is 0 Å². The van der Waals surface area contributed by atoms with Crippen molar-refractivity contribution in [3.63, 3.8) is 0 Å². The van der Waals surface area contributed by atoms with Crippen LogP contribution in [0.4, 0.5) is 0 Å². The fourth-order valence-corrected chi connectivity index (χ4v) is 5.42. The summed E-state index contributed by atoms with van der Waals surface area (Å²) in [6.45, 7) is 5.81. The Bertz CT molecular complexity index is 759. The highest BCUT2D eigenvalue weighted by atomic mass is 32.1. The minimum Gasteiger partial charge on any atom is -0.337 e. The lowest BCUT2D eigenvalue weighted by Crippen LogP contribution is -2.30. The Balaban J connectivity index is 1.60. The van der Waals surface area contributed by atoms with Gasteiger partial charge in [-0.2, -0.15) is 5.10 Å². The van der Waals surface area contributed by atoms with Gasteiger partial charge in [0.05, 0.1) is 4.88 Å². The molecule has 2 aromatic rings. The van der Waals surface area contributed by atoms with Gasteiger partial charge >= 0.3 is 0 Å². The Kier molecular flexibility index (Phi) is 4.40. The van der Waals surface area contributed by atoms with Gasteiger partial charge in [0, 0.05) is 30.3 Å². The van der Waals surface area contributed by atoms with Crippen molar-refractivity contribution in [2.24, 2.45) is 5.41 Å². The van der Waals surface area contributed by atoms with Crippen LogP contribution < -0.4 is 0 Å². The van der Waals surface area contributed by atoms with Crippen molar-refractivity contribution in [3.05, 3.63) is 33.5 Å². The van der Waals surface area contributed by atoms with Crippen LogP contribution in [0.1, 0.15) is 71.1 Å². The maximum Gasteiger partial charge on any atom is 0.263 e. The number of likely N-dealkylation sites (tertiary alicyclic amines) is 1. The molecule has 0 aromatic carbocycles. The maximum atomic E-state index is 13.0. The summed E-state index contributed by atoms with van der Waals surface area (Å²) in [5.41, 5.74) is 0.174. The zero-order valence-corrected chi connectivity index (χ0v) is 15.9. The average molecular weight is 359 g/mol. The number of nitrogens with one attached hydrogen (secondary N) is 1. The lowest BCUT2D eigenvalue weighted by atomic mass is 9.76. The number of aryl methyl sites for hydroxylation is 2. The molecule has 5 nitrogen and oxygen atoms in total. The second-order valence-electron chi connectivity index (χ2n) is 7.61. The molecule has 1 spiro atoms. The van der Waals surface area contributed by atoms with Crippen LogP contribution in [0.25, 0.3) is 0 Å². The third-order valence-electron chi connectivity index (χ3n) is 5.83. The van der Waals surface area contributed by atoms with Crippen molar-refractivity contribution in [2.45, 2.75) is 58.3 Å². The number of H-pyrrole nitrogens is 1. The molecule has 134 valence electrons. The van der Waals surface area contributed by atoms with E-state index in [2.05, 4.69) is 28.9 Å². The lowest BCUT2D eigenvalue weighted by molar-refractivity contribution is 0.0778. The van der Waals surface area contributed by atoms with E-state index in [-0.39, 0.29) is 17.2 Å². The summed E-state index contributed by atoms with van der Waals surface area (Å²) in [5.74, 6) is 2.34. The number of aromatic amines is 1. The van der Waals surface area contributed by atoms with Gasteiger partial charge in [-0.05, 0) is 43.7 Å². The van der Waals surface area contributed by atoms with E-state index in [0.717, 1.165) is 42.5 Å². The van der Waals surface area contributed by atoms with Crippen LogP contribution in [0, 0.1) is 12.3 Å². The Morgan fingerprint density at radius 3 is 2.88 bits per heavy atom. The van der Waals surface area contributed by atoms with E-state index in [1.54, 1.807) is 11.3 Å². The minimum atomic E-state index is 0.174. The standard InChI is InChI=1S/C19H26N4OS/c1-3-6-16-20-17(22-21-16)14-11-23(12-19(14)9-4-5-10-19)18(24)15-8-7-13(2)25-15/h7-8,14H,3-6,9-12H2,1-2H3,(H,20,21,22). The van der Waals surface area contributed by atoms with Crippen LogP contribution >= 0.6 is 11.3 Å². The number of hydrogen-bond donors (Lipinski definition) is 1. The monoisotopic (exact) mass is 358 g/mol. The van der Waals surface area contributed by atoms with E-state index in [1.807, 2.05) is 12.1 Å². The molecule has 6 heteroatoms. The van der Waals surface area contributed by atoms with E-state index in [4.69, 9.17) is 4.98 Å². The summed E-state index contributed by atoms with van der Waals surface area (Å²) in [4.78, 5) is 21.8. The minimum absolute atomic E-state index is 0.174. The lowest BCUT2D eigenvalue weighted by Gasteiger charge is -2.27. The van der Waals surface area contributed by atoms with Gasteiger partial charge in [-0.15, -0.1) is 11.3 Å². The predicted octanol–water partition coefficient (Wildman–Crippen LogP) is 3.93. The fourth-order valence-electron chi connectivity index (χ4n) is 4.58. The topological polar surface area (TPSA) is 61.9 Å². The Morgan fingerprint density at radius 2 is 2.20 bits per heavy atom. The van der Waals surface area contributed by atoms with Crippen molar-refractivity contribution in [1.82, 2.24) is 20.1 Å². The van der Waals surface area contributed by atoms with Crippen molar-refractivity contribution >= 4 is 17.2 Å². The summed E-state index contributed by atoms with van der Waals surface area (Å²) in [7, 11) is 0. The highest BCUT2D eigenvalue weighted by Gasteiger charge is 2.51. The van der Waals surface area contributed by atoms with Gasteiger partial charge in [-0.25, -0.2) is 4.98 Å². The van der Waals surface area contributed by atoms with Gasteiger partial charge in [-0.1, -0.05) is 19.8 Å². The van der Waals surface area contributed by atoms with Gasteiger partial charge < -0.3 is 4.90 Å². The van der Waals surface area contributed by atoms with Gasteiger partial charge in [0.15, 0.2) is 5.82 Å². The molecule has 1 aliphatic heterocycles. The van der Waals surface area contributed by atoms with E-state index < -0.39 is 0 Å². The first-order chi connectivity index (χ1) is 12.1. The summed E-state index contributed by atoms with van der Waals surface area (Å²) >= 11 is 1.59. The van der Waals surface area contributed by atoms with Crippen molar-refractivity contribution in [1.29, 1.82) is 0 Å². The van der Waals surface area contributed by atoms with Gasteiger partial charge in [-0.3, -0.25) is 9.89 Å². The molecule has 1 aliphatic carbocycles. The van der Waals surface area contributed by atoms with E-state index in [0.29, 0.717) is 0 Å².